The lowest BCUT2D eigenvalue weighted by Crippen LogP contribution is -2.52. The molecule has 164 valence electrons. The van der Waals surface area contributed by atoms with Crippen LogP contribution >= 0.6 is 0 Å². The van der Waals surface area contributed by atoms with Crippen LogP contribution in [0.2, 0.25) is 0 Å². The number of nitrogens with zero attached hydrogens (tertiary/aromatic N) is 3. The zero-order chi connectivity index (χ0) is 21.7. The van der Waals surface area contributed by atoms with Crippen LogP contribution in [0.4, 0.5) is 0 Å². The molecule has 0 spiro atoms. The second-order valence-electron chi connectivity index (χ2n) is 8.41. The summed E-state index contributed by atoms with van der Waals surface area (Å²) in [5, 5.41) is 2.99. The van der Waals surface area contributed by atoms with E-state index >= 15 is 0 Å². The Morgan fingerprint density at radius 3 is 2.47 bits per heavy atom. The van der Waals surface area contributed by atoms with Crippen LogP contribution in [0.15, 0.2) is 24.3 Å². The summed E-state index contributed by atoms with van der Waals surface area (Å²) >= 11 is 0. The summed E-state index contributed by atoms with van der Waals surface area (Å²) in [5.41, 5.74) is 2.32. The lowest BCUT2D eigenvalue weighted by Gasteiger charge is -2.39. The molecule has 0 radical (unpaired) electrons. The Bertz CT molecular complexity index is 773. The van der Waals surface area contributed by atoms with E-state index in [-0.39, 0.29) is 29.8 Å². The number of amides is 3. The maximum absolute atomic E-state index is 13.0. The Morgan fingerprint density at radius 1 is 1.10 bits per heavy atom. The monoisotopic (exact) mass is 414 g/mol. The van der Waals surface area contributed by atoms with E-state index in [4.69, 9.17) is 0 Å². The Kier molecular flexibility index (Phi) is 7.48. The van der Waals surface area contributed by atoms with Gasteiger partial charge in [-0.15, -0.1) is 0 Å². The summed E-state index contributed by atoms with van der Waals surface area (Å²) in [4.78, 5) is 43.1. The fraction of sp³-hybridized carbons (Fsp3) is 0.609. The highest BCUT2D eigenvalue weighted by Crippen LogP contribution is 2.32. The predicted octanol–water partition coefficient (Wildman–Crippen LogP) is 1.58. The van der Waals surface area contributed by atoms with Gasteiger partial charge in [0.1, 0.15) is 0 Å². The second kappa shape index (κ2) is 10.1. The normalized spacial score (nSPS) is 20.4. The van der Waals surface area contributed by atoms with Crippen LogP contribution in [-0.2, 0) is 20.8 Å². The molecule has 1 saturated heterocycles. The molecular formula is C23H34N4O3. The second-order valence-corrected chi connectivity index (χ2v) is 8.41. The topological polar surface area (TPSA) is 73.0 Å². The van der Waals surface area contributed by atoms with Crippen molar-refractivity contribution in [3.05, 3.63) is 35.4 Å². The highest BCUT2D eigenvalue weighted by molar-refractivity contribution is 5.80. The van der Waals surface area contributed by atoms with E-state index < -0.39 is 0 Å². The SMILES string of the molecule is CCC(C)NC(=O)CN1CCN(C(=O)CC2c3ccccc3CCN2C(C)=O)CC1. The summed E-state index contributed by atoms with van der Waals surface area (Å²) in [7, 11) is 0. The minimum Gasteiger partial charge on any atom is -0.353 e. The fourth-order valence-electron chi connectivity index (χ4n) is 4.32. The van der Waals surface area contributed by atoms with Gasteiger partial charge in [-0.2, -0.15) is 0 Å². The molecule has 0 bridgehead atoms. The average Bonchev–Trinajstić information content (AvgIpc) is 2.74. The standard InChI is InChI=1S/C23H34N4O3/c1-4-17(2)24-22(29)16-25-11-13-26(14-12-25)23(30)15-21-20-8-6-5-7-19(20)9-10-27(21)18(3)28/h5-8,17,21H,4,9-16H2,1-3H3,(H,24,29). The number of piperazine rings is 1. The predicted molar refractivity (Wildman–Crippen MR) is 116 cm³/mol. The largest absolute Gasteiger partial charge is 0.353 e. The molecule has 2 aliphatic heterocycles. The van der Waals surface area contributed by atoms with Gasteiger partial charge in [-0.3, -0.25) is 19.3 Å². The molecule has 0 aromatic heterocycles. The van der Waals surface area contributed by atoms with E-state index in [9.17, 15) is 14.4 Å². The van der Waals surface area contributed by atoms with Crippen molar-refractivity contribution in [1.82, 2.24) is 20.0 Å². The zero-order valence-electron chi connectivity index (χ0n) is 18.4. The molecule has 2 heterocycles. The number of carbonyl (C=O) groups is 3. The fourth-order valence-corrected chi connectivity index (χ4v) is 4.32. The van der Waals surface area contributed by atoms with Crippen molar-refractivity contribution in [2.45, 2.75) is 52.1 Å². The van der Waals surface area contributed by atoms with Gasteiger partial charge in [0.15, 0.2) is 0 Å². The van der Waals surface area contributed by atoms with Gasteiger partial charge in [0.25, 0.3) is 0 Å². The maximum atomic E-state index is 13.0. The van der Waals surface area contributed by atoms with Crippen LogP contribution < -0.4 is 5.32 Å². The Balaban J connectivity index is 1.56. The highest BCUT2D eigenvalue weighted by Gasteiger charge is 2.32. The quantitative estimate of drug-likeness (QED) is 0.767. The van der Waals surface area contributed by atoms with Crippen LogP contribution in [0.1, 0.15) is 50.8 Å². The van der Waals surface area contributed by atoms with E-state index in [1.54, 1.807) is 6.92 Å². The molecule has 1 aromatic rings. The van der Waals surface area contributed by atoms with Crippen molar-refractivity contribution in [3.63, 3.8) is 0 Å². The molecule has 2 unspecified atom stereocenters. The van der Waals surface area contributed by atoms with Crippen molar-refractivity contribution < 1.29 is 14.4 Å². The molecule has 1 aromatic carbocycles. The van der Waals surface area contributed by atoms with Crippen molar-refractivity contribution in [2.75, 3.05) is 39.3 Å². The number of hydrogen-bond donors (Lipinski definition) is 1. The molecule has 3 rings (SSSR count). The number of carbonyl (C=O) groups excluding carboxylic acids is 3. The molecule has 0 aliphatic carbocycles. The van der Waals surface area contributed by atoms with Gasteiger partial charge < -0.3 is 15.1 Å². The third kappa shape index (κ3) is 5.39. The number of rotatable bonds is 6. The summed E-state index contributed by atoms with van der Waals surface area (Å²) in [6.45, 7) is 9.27. The molecule has 0 saturated carbocycles. The highest BCUT2D eigenvalue weighted by atomic mass is 16.2. The van der Waals surface area contributed by atoms with E-state index in [1.807, 2.05) is 41.8 Å². The third-order valence-corrected chi connectivity index (χ3v) is 6.30. The summed E-state index contributed by atoms with van der Waals surface area (Å²) in [5.74, 6) is 0.131. The van der Waals surface area contributed by atoms with E-state index in [0.29, 0.717) is 45.7 Å². The van der Waals surface area contributed by atoms with Crippen LogP contribution in [0.25, 0.3) is 0 Å². The minimum absolute atomic E-state index is 0.0134. The first-order valence-electron chi connectivity index (χ1n) is 11.0. The summed E-state index contributed by atoms with van der Waals surface area (Å²) in [6, 6.07) is 8.10. The van der Waals surface area contributed by atoms with E-state index in [2.05, 4.69) is 16.3 Å². The van der Waals surface area contributed by atoms with Gasteiger partial charge in [0.05, 0.1) is 19.0 Å². The minimum atomic E-state index is -0.195. The molecule has 1 N–H and O–H groups in total. The first-order valence-corrected chi connectivity index (χ1v) is 11.0. The van der Waals surface area contributed by atoms with Gasteiger partial charge in [0.2, 0.25) is 17.7 Å². The third-order valence-electron chi connectivity index (χ3n) is 6.30. The average molecular weight is 415 g/mol. The van der Waals surface area contributed by atoms with Crippen LogP contribution in [-0.4, -0.2) is 77.7 Å². The Morgan fingerprint density at radius 2 is 1.80 bits per heavy atom. The van der Waals surface area contributed by atoms with E-state index in [0.717, 1.165) is 18.4 Å². The first-order chi connectivity index (χ1) is 14.4. The molecule has 30 heavy (non-hydrogen) atoms. The van der Waals surface area contributed by atoms with Crippen molar-refractivity contribution >= 4 is 17.7 Å². The van der Waals surface area contributed by atoms with Crippen molar-refractivity contribution in [2.24, 2.45) is 0 Å². The first kappa shape index (κ1) is 22.3. The number of benzene rings is 1. The van der Waals surface area contributed by atoms with Crippen molar-refractivity contribution in [1.29, 1.82) is 0 Å². The molecular weight excluding hydrogens is 380 g/mol. The summed E-state index contributed by atoms with van der Waals surface area (Å²) in [6.07, 6.45) is 2.05. The van der Waals surface area contributed by atoms with Crippen LogP contribution in [0, 0.1) is 0 Å². The van der Waals surface area contributed by atoms with Crippen LogP contribution in [0.5, 0.6) is 0 Å². The molecule has 1 fully saturated rings. The molecule has 7 nitrogen and oxygen atoms in total. The molecule has 7 heteroatoms. The van der Waals surface area contributed by atoms with Gasteiger partial charge in [0, 0.05) is 45.7 Å². The van der Waals surface area contributed by atoms with Gasteiger partial charge in [-0.1, -0.05) is 31.2 Å². The lowest BCUT2D eigenvalue weighted by atomic mass is 9.90. The smallest absolute Gasteiger partial charge is 0.234 e. The van der Waals surface area contributed by atoms with E-state index in [1.165, 1.54) is 5.56 Å². The molecule has 2 atom stereocenters. The number of hydrogen-bond acceptors (Lipinski definition) is 4. The Hall–Kier alpha value is -2.41. The molecule has 3 amide bonds. The maximum Gasteiger partial charge on any atom is 0.234 e. The molecule has 2 aliphatic rings. The number of fused-ring (bicyclic) bond motifs is 1. The van der Waals surface area contributed by atoms with Gasteiger partial charge >= 0.3 is 0 Å². The Labute approximate surface area is 179 Å². The lowest BCUT2D eigenvalue weighted by molar-refractivity contribution is -0.137. The summed E-state index contributed by atoms with van der Waals surface area (Å²) < 4.78 is 0. The van der Waals surface area contributed by atoms with Crippen LogP contribution in [0.3, 0.4) is 0 Å². The van der Waals surface area contributed by atoms with Gasteiger partial charge in [-0.25, -0.2) is 0 Å². The number of nitrogens with one attached hydrogen (secondary N) is 1. The van der Waals surface area contributed by atoms with Crippen molar-refractivity contribution in [3.8, 4) is 0 Å². The van der Waals surface area contributed by atoms with Gasteiger partial charge in [-0.05, 0) is 30.9 Å². The zero-order valence-corrected chi connectivity index (χ0v) is 18.4.